The van der Waals surface area contributed by atoms with Crippen LogP contribution < -0.4 is 5.32 Å². The van der Waals surface area contributed by atoms with Crippen molar-refractivity contribution < 1.29 is 30.0 Å². The van der Waals surface area contributed by atoms with Crippen molar-refractivity contribution >= 4 is 11.9 Å². The van der Waals surface area contributed by atoms with Crippen LogP contribution in [0.15, 0.2) is 0 Å². The fourth-order valence-electron chi connectivity index (χ4n) is 1.35. The predicted octanol–water partition coefficient (Wildman–Crippen LogP) is -1.82. The summed E-state index contributed by atoms with van der Waals surface area (Å²) in [5, 5.41) is 35.9. The molecule has 2 atom stereocenters. The van der Waals surface area contributed by atoms with Crippen LogP contribution in [0.1, 0.15) is 13.8 Å². The number of carbonyl (C=O) groups is 2. The van der Waals surface area contributed by atoms with Crippen molar-refractivity contribution in [3.63, 3.8) is 0 Å². The van der Waals surface area contributed by atoms with Crippen molar-refractivity contribution in [2.75, 3.05) is 26.7 Å². The molecule has 1 heterocycles. The molecule has 1 aliphatic heterocycles. The van der Waals surface area contributed by atoms with Gasteiger partial charge in [0.15, 0.2) is 12.2 Å². The van der Waals surface area contributed by atoms with E-state index in [2.05, 4.69) is 31.1 Å². The van der Waals surface area contributed by atoms with E-state index in [9.17, 15) is 9.59 Å². The molecule has 19 heavy (non-hydrogen) atoms. The van der Waals surface area contributed by atoms with Crippen LogP contribution in [-0.4, -0.2) is 81.7 Å². The summed E-state index contributed by atoms with van der Waals surface area (Å²) < 4.78 is 0. The van der Waals surface area contributed by atoms with Crippen molar-refractivity contribution in [2.24, 2.45) is 0 Å². The van der Waals surface area contributed by atoms with E-state index < -0.39 is 24.1 Å². The molecule has 1 fully saturated rings. The quantitative estimate of drug-likeness (QED) is 0.408. The monoisotopic (exact) mass is 278 g/mol. The lowest BCUT2D eigenvalue weighted by molar-refractivity contribution is -0.165. The summed E-state index contributed by atoms with van der Waals surface area (Å²) >= 11 is 0. The molecule has 0 bridgehead atoms. The van der Waals surface area contributed by atoms with Crippen LogP contribution in [0.25, 0.3) is 0 Å². The number of aliphatic hydroxyl groups excluding tert-OH is 2. The average molecular weight is 278 g/mol. The molecule has 0 spiro atoms. The van der Waals surface area contributed by atoms with Gasteiger partial charge in [0.2, 0.25) is 0 Å². The normalized spacial score (nSPS) is 21.7. The van der Waals surface area contributed by atoms with Crippen LogP contribution in [0, 0.1) is 0 Å². The molecule has 1 saturated heterocycles. The van der Waals surface area contributed by atoms with Crippen molar-refractivity contribution in [1.29, 1.82) is 0 Å². The Bertz CT molecular complexity index is 302. The van der Waals surface area contributed by atoms with Crippen LogP contribution in [-0.2, 0) is 9.59 Å². The van der Waals surface area contributed by atoms with Crippen molar-refractivity contribution in [2.45, 2.75) is 31.6 Å². The number of hydrogen-bond donors (Lipinski definition) is 5. The largest absolute Gasteiger partial charge is 0.479 e. The Balaban J connectivity index is 0.000000342. The predicted molar refractivity (Wildman–Crippen MR) is 66.9 cm³/mol. The summed E-state index contributed by atoms with van der Waals surface area (Å²) in [5.74, 6) is -3.54. The Kier molecular flexibility index (Phi) is 6.91. The van der Waals surface area contributed by atoms with E-state index in [1.807, 2.05) is 0 Å². The summed E-state index contributed by atoms with van der Waals surface area (Å²) in [6.45, 7) is 7.95. The molecule has 112 valence electrons. The highest BCUT2D eigenvalue weighted by atomic mass is 16.4. The van der Waals surface area contributed by atoms with E-state index in [4.69, 9.17) is 20.4 Å². The van der Waals surface area contributed by atoms with Gasteiger partial charge in [-0.1, -0.05) is 0 Å². The zero-order chi connectivity index (χ0) is 15.2. The lowest BCUT2D eigenvalue weighted by Crippen LogP contribution is -2.55. The number of nitrogens with one attached hydrogen (secondary N) is 1. The first-order chi connectivity index (χ1) is 8.59. The maximum Gasteiger partial charge on any atom is 0.335 e. The van der Waals surface area contributed by atoms with Gasteiger partial charge in [0.05, 0.1) is 0 Å². The molecule has 0 aliphatic carbocycles. The van der Waals surface area contributed by atoms with Gasteiger partial charge in [0, 0.05) is 25.2 Å². The Labute approximate surface area is 111 Å². The third kappa shape index (κ3) is 5.97. The number of aliphatic hydroxyl groups is 2. The molecule has 0 saturated carbocycles. The second kappa shape index (κ2) is 7.39. The minimum absolute atomic E-state index is 0.359. The Morgan fingerprint density at radius 1 is 1.16 bits per heavy atom. The molecular weight excluding hydrogens is 256 g/mol. The highest BCUT2D eigenvalue weighted by Crippen LogP contribution is 2.12. The molecule has 0 aromatic carbocycles. The van der Waals surface area contributed by atoms with Crippen LogP contribution >= 0.6 is 0 Å². The van der Waals surface area contributed by atoms with Gasteiger partial charge >= 0.3 is 11.9 Å². The number of carboxylic acid groups (broad SMARTS) is 2. The molecule has 0 aromatic rings. The van der Waals surface area contributed by atoms with Gasteiger partial charge in [-0.3, -0.25) is 4.90 Å². The standard InChI is InChI=1S/C7H16N2.C4H6O6/c1-7(2)6-8-4-5-9(7)3;5-1(3(7)8)2(6)4(9)10/h8H,4-6H2,1-3H3;1-2,5-6H,(H,7,8)(H,9,10)/t;1-,2-/m.1/s1. The first-order valence-corrected chi connectivity index (χ1v) is 5.83. The Morgan fingerprint density at radius 2 is 1.58 bits per heavy atom. The maximum atomic E-state index is 9.77. The van der Waals surface area contributed by atoms with E-state index in [1.165, 1.54) is 6.54 Å². The summed E-state index contributed by atoms with van der Waals surface area (Å²) in [4.78, 5) is 21.9. The maximum absolute atomic E-state index is 9.77. The summed E-state index contributed by atoms with van der Waals surface area (Å²) in [6.07, 6.45) is -4.53. The van der Waals surface area contributed by atoms with Crippen LogP contribution in [0.2, 0.25) is 0 Å². The van der Waals surface area contributed by atoms with Gasteiger partial charge in [-0.25, -0.2) is 9.59 Å². The average Bonchev–Trinajstić information content (AvgIpc) is 2.31. The van der Waals surface area contributed by atoms with Gasteiger partial charge < -0.3 is 25.7 Å². The third-order valence-corrected chi connectivity index (χ3v) is 3.02. The van der Waals surface area contributed by atoms with Crippen molar-refractivity contribution in [3.8, 4) is 0 Å². The van der Waals surface area contributed by atoms with Crippen LogP contribution in [0.5, 0.6) is 0 Å². The zero-order valence-corrected chi connectivity index (χ0v) is 11.3. The van der Waals surface area contributed by atoms with E-state index >= 15 is 0 Å². The number of aliphatic carboxylic acids is 2. The first-order valence-electron chi connectivity index (χ1n) is 5.83. The number of rotatable bonds is 3. The van der Waals surface area contributed by atoms with Gasteiger partial charge in [0.1, 0.15) is 0 Å². The lowest BCUT2D eigenvalue weighted by atomic mass is 10.0. The molecule has 8 nitrogen and oxygen atoms in total. The smallest absolute Gasteiger partial charge is 0.335 e. The van der Waals surface area contributed by atoms with E-state index in [0.717, 1.165) is 13.1 Å². The Morgan fingerprint density at radius 3 is 1.79 bits per heavy atom. The number of piperazine rings is 1. The van der Waals surface area contributed by atoms with E-state index in [-0.39, 0.29) is 0 Å². The van der Waals surface area contributed by atoms with Gasteiger partial charge in [-0.15, -0.1) is 0 Å². The van der Waals surface area contributed by atoms with Crippen LogP contribution in [0.3, 0.4) is 0 Å². The fraction of sp³-hybridized carbons (Fsp3) is 0.818. The zero-order valence-electron chi connectivity index (χ0n) is 11.3. The van der Waals surface area contributed by atoms with Gasteiger partial charge in [0.25, 0.3) is 0 Å². The molecule has 8 heteroatoms. The number of hydrogen-bond acceptors (Lipinski definition) is 6. The molecule has 0 amide bonds. The number of nitrogens with zero attached hydrogens (tertiary/aromatic N) is 1. The molecule has 1 aliphatic rings. The molecule has 0 unspecified atom stereocenters. The summed E-state index contributed by atoms with van der Waals surface area (Å²) in [6, 6.07) is 0. The topological polar surface area (TPSA) is 130 Å². The highest BCUT2D eigenvalue weighted by Gasteiger charge is 2.29. The van der Waals surface area contributed by atoms with Crippen molar-refractivity contribution in [3.05, 3.63) is 0 Å². The Hall–Kier alpha value is -1.22. The molecule has 0 aromatic heterocycles. The second-order valence-corrected chi connectivity index (χ2v) is 4.98. The molecular formula is C11H22N2O6. The fourth-order valence-corrected chi connectivity index (χ4v) is 1.35. The molecule has 1 rings (SSSR count). The van der Waals surface area contributed by atoms with Gasteiger partial charge in [-0.05, 0) is 20.9 Å². The highest BCUT2D eigenvalue weighted by molar-refractivity contribution is 5.83. The summed E-state index contributed by atoms with van der Waals surface area (Å²) in [5.41, 5.74) is 0.359. The van der Waals surface area contributed by atoms with Gasteiger partial charge in [-0.2, -0.15) is 0 Å². The number of carboxylic acids is 2. The SMILES string of the molecule is CN1CCNCC1(C)C.O=C(O)[C@H](O)[C@@H](O)C(=O)O. The third-order valence-electron chi connectivity index (χ3n) is 3.02. The minimum atomic E-state index is -2.27. The number of likely N-dealkylation sites (N-methyl/N-ethyl adjacent to an activating group) is 1. The second-order valence-electron chi connectivity index (χ2n) is 4.98. The van der Waals surface area contributed by atoms with E-state index in [0.29, 0.717) is 5.54 Å². The van der Waals surface area contributed by atoms with Crippen molar-refractivity contribution in [1.82, 2.24) is 10.2 Å². The summed E-state index contributed by atoms with van der Waals surface area (Å²) in [7, 11) is 2.18. The van der Waals surface area contributed by atoms with Crippen LogP contribution in [0.4, 0.5) is 0 Å². The molecule has 5 N–H and O–H groups in total. The van der Waals surface area contributed by atoms with E-state index in [1.54, 1.807) is 0 Å². The first kappa shape index (κ1) is 17.8. The minimum Gasteiger partial charge on any atom is -0.479 e. The molecule has 0 radical (unpaired) electrons. The lowest BCUT2D eigenvalue weighted by Gasteiger charge is -2.40.